The highest BCUT2D eigenvalue weighted by Gasteiger charge is 2.72. The highest BCUT2D eigenvalue weighted by molar-refractivity contribution is 7.75. The average molecular weight is 378 g/mol. The minimum Gasteiger partial charge on any atom is -0.299 e. The zero-order chi connectivity index (χ0) is 18.3. The van der Waals surface area contributed by atoms with Crippen LogP contribution in [0, 0.1) is 34.0 Å². The van der Waals surface area contributed by atoms with Crippen molar-refractivity contribution in [3.8, 4) is 0 Å². The summed E-state index contributed by atoms with van der Waals surface area (Å²) in [7, 11) is 0. The van der Waals surface area contributed by atoms with E-state index in [2.05, 4.69) is 13.5 Å². The van der Waals surface area contributed by atoms with Crippen LogP contribution in [0.1, 0.15) is 51.9 Å². The van der Waals surface area contributed by atoms with E-state index in [9.17, 15) is 13.8 Å². The highest BCUT2D eigenvalue weighted by atomic mass is 32.2. The number of ketones is 2. The molecular formula is C20H26O5S. The van der Waals surface area contributed by atoms with E-state index in [0.29, 0.717) is 31.6 Å². The number of fused-ring (bicyclic) bond motifs is 2. The minimum atomic E-state index is -1.75. The van der Waals surface area contributed by atoms with Crippen molar-refractivity contribution in [2.24, 2.45) is 34.0 Å². The molecule has 6 rings (SSSR count). The van der Waals surface area contributed by atoms with E-state index in [-0.39, 0.29) is 40.2 Å². The van der Waals surface area contributed by atoms with Crippen LogP contribution in [0.15, 0.2) is 12.2 Å². The van der Waals surface area contributed by atoms with E-state index in [0.717, 1.165) is 32.1 Å². The lowest BCUT2D eigenvalue weighted by atomic mass is 9.36. The minimum absolute atomic E-state index is 0.00506. The van der Waals surface area contributed by atoms with Gasteiger partial charge in [0.05, 0.1) is 18.6 Å². The lowest BCUT2D eigenvalue weighted by Gasteiger charge is -2.67. The fourth-order valence-corrected chi connectivity index (χ4v) is 8.09. The molecule has 0 N–H and O–H groups in total. The number of Topliss-reactive ketones (excluding diaryl/α,β-unsaturated/α-hetero) is 2. The van der Waals surface area contributed by atoms with Gasteiger partial charge in [-0.3, -0.25) is 18.0 Å². The molecule has 0 amide bonds. The smallest absolute Gasteiger partial charge is 0.299 e. The third-order valence-corrected chi connectivity index (χ3v) is 9.23. The molecule has 7 atom stereocenters. The van der Waals surface area contributed by atoms with Crippen LogP contribution in [-0.4, -0.2) is 29.0 Å². The molecule has 6 fully saturated rings. The Morgan fingerprint density at radius 1 is 1.12 bits per heavy atom. The van der Waals surface area contributed by atoms with Crippen LogP contribution in [0.2, 0.25) is 0 Å². The second-order valence-corrected chi connectivity index (χ2v) is 10.4. The van der Waals surface area contributed by atoms with E-state index in [1.54, 1.807) is 0 Å². The Bertz CT molecular complexity index is 746. The number of carbonyl (C=O) groups is 2. The first-order valence-electron chi connectivity index (χ1n) is 9.79. The Kier molecular flexibility index (Phi) is 3.56. The van der Waals surface area contributed by atoms with Crippen LogP contribution in [0.3, 0.4) is 0 Å². The average Bonchev–Trinajstić information content (AvgIpc) is 2.63. The molecule has 6 heteroatoms. The van der Waals surface area contributed by atoms with Crippen LogP contribution in [0.25, 0.3) is 0 Å². The van der Waals surface area contributed by atoms with Crippen molar-refractivity contribution >= 4 is 22.9 Å². The molecule has 0 aromatic carbocycles. The first-order chi connectivity index (χ1) is 12.3. The summed E-state index contributed by atoms with van der Waals surface area (Å²) in [6.07, 6.45) is 5.75. The zero-order valence-corrected chi connectivity index (χ0v) is 16.1. The maximum atomic E-state index is 13.4. The molecular weight excluding hydrogens is 352 g/mol. The quantitative estimate of drug-likeness (QED) is 0.479. The number of carbonyl (C=O) groups excluding carboxylic acids is 2. The Balaban J connectivity index is 1.68. The van der Waals surface area contributed by atoms with Gasteiger partial charge in [0.15, 0.2) is 5.78 Å². The van der Waals surface area contributed by atoms with Crippen molar-refractivity contribution < 1.29 is 22.2 Å². The summed E-state index contributed by atoms with van der Waals surface area (Å²) < 4.78 is 23.2. The van der Waals surface area contributed by atoms with Gasteiger partial charge in [-0.2, -0.15) is 4.21 Å². The molecule has 5 nitrogen and oxygen atoms in total. The van der Waals surface area contributed by atoms with Crippen molar-refractivity contribution in [2.45, 2.75) is 51.9 Å². The van der Waals surface area contributed by atoms with Crippen molar-refractivity contribution in [1.82, 2.24) is 0 Å². The fourth-order valence-electron chi connectivity index (χ4n) is 7.34. The predicted octanol–water partition coefficient (Wildman–Crippen LogP) is 2.92. The molecule has 0 aromatic rings. The Morgan fingerprint density at radius 2 is 1.88 bits per heavy atom. The Labute approximate surface area is 156 Å². The first kappa shape index (κ1) is 17.3. The Hall–Kier alpha value is -0.850. The number of allylic oxidation sites excluding steroid dienone is 1. The molecule has 0 radical (unpaired) electrons. The normalized spacial score (nSPS) is 53.5. The summed E-state index contributed by atoms with van der Waals surface area (Å²) in [4.78, 5) is 26.7. The fraction of sp³-hybridized carbons (Fsp3) is 0.800. The van der Waals surface area contributed by atoms with Gasteiger partial charge in [0.1, 0.15) is 5.78 Å². The van der Waals surface area contributed by atoms with Gasteiger partial charge in [0.25, 0.3) is 0 Å². The van der Waals surface area contributed by atoms with Crippen LogP contribution in [-0.2, 0) is 29.3 Å². The molecule has 5 aliphatic carbocycles. The summed E-state index contributed by atoms with van der Waals surface area (Å²) in [5, 5.41) is 0. The van der Waals surface area contributed by atoms with Gasteiger partial charge in [-0.05, 0) is 60.8 Å². The lowest BCUT2D eigenvalue weighted by molar-refractivity contribution is -0.201. The van der Waals surface area contributed by atoms with Crippen molar-refractivity contribution in [3.63, 3.8) is 0 Å². The molecule has 5 saturated carbocycles. The molecule has 1 heterocycles. The predicted molar refractivity (Wildman–Crippen MR) is 95.0 cm³/mol. The van der Waals surface area contributed by atoms with E-state index in [1.807, 2.05) is 0 Å². The van der Waals surface area contributed by atoms with Crippen LogP contribution in [0.4, 0.5) is 0 Å². The molecule has 1 aliphatic heterocycles. The van der Waals surface area contributed by atoms with E-state index < -0.39 is 16.8 Å². The molecule has 1 saturated heterocycles. The van der Waals surface area contributed by atoms with Gasteiger partial charge in [0, 0.05) is 11.8 Å². The highest BCUT2D eigenvalue weighted by Crippen LogP contribution is 2.70. The van der Waals surface area contributed by atoms with Gasteiger partial charge in [-0.1, -0.05) is 19.9 Å². The largest absolute Gasteiger partial charge is 0.304 e. The maximum absolute atomic E-state index is 13.4. The molecule has 142 valence electrons. The van der Waals surface area contributed by atoms with E-state index >= 15 is 0 Å². The van der Waals surface area contributed by atoms with Gasteiger partial charge in [-0.25, -0.2) is 0 Å². The molecule has 6 aliphatic rings. The van der Waals surface area contributed by atoms with Crippen LogP contribution in [0.5, 0.6) is 0 Å². The molecule has 4 bridgehead atoms. The summed E-state index contributed by atoms with van der Waals surface area (Å²) >= 11 is -1.75. The maximum Gasteiger partial charge on any atom is 0.304 e. The van der Waals surface area contributed by atoms with Gasteiger partial charge in [0.2, 0.25) is 0 Å². The first-order valence-corrected chi connectivity index (χ1v) is 10.8. The Morgan fingerprint density at radius 3 is 2.69 bits per heavy atom. The van der Waals surface area contributed by atoms with Gasteiger partial charge in [-0.15, -0.1) is 0 Å². The topological polar surface area (TPSA) is 69.7 Å². The summed E-state index contributed by atoms with van der Waals surface area (Å²) in [6, 6.07) is 0. The number of rotatable bonds is 0. The zero-order valence-electron chi connectivity index (χ0n) is 15.3. The standard InChI is InChI=1S/C20H26O5S/c1-12-13-4-7-20(17(12)22)15(8-13)19-6-3-5-18(2,14(19)9-16(20)21)10-24-26(23)25-11-19/h13-15H,1,3-11H2,2H3/t13?,14?,15?,18-,19-,20+,26?/m0/s1. The molecule has 1 spiro atoms. The lowest BCUT2D eigenvalue weighted by Crippen LogP contribution is -2.69. The third kappa shape index (κ3) is 1.91. The number of hydrogen-bond acceptors (Lipinski definition) is 5. The van der Waals surface area contributed by atoms with Crippen molar-refractivity contribution in [1.29, 1.82) is 0 Å². The second-order valence-electron chi connectivity index (χ2n) is 9.50. The SMILES string of the molecule is C=C1C(=O)[C@]23CCC1CC2[C@@]12CCC[C@@](C)(COS(=O)OC1)C2CC3=O. The van der Waals surface area contributed by atoms with Crippen molar-refractivity contribution in [2.75, 3.05) is 13.2 Å². The third-order valence-electron chi connectivity index (χ3n) is 8.61. The molecule has 26 heavy (non-hydrogen) atoms. The second kappa shape index (κ2) is 5.36. The number of hydrogen-bond donors (Lipinski definition) is 0. The van der Waals surface area contributed by atoms with Crippen LogP contribution < -0.4 is 0 Å². The van der Waals surface area contributed by atoms with Crippen molar-refractivity contribution in [3.05, 3.63) is 12.2 Å². The molecule has 0 aromatic heterocycles. The molecule has 4 unspecified atom stereocenters. The summed E-state index contributed by atoms with van der Waals surface area (Å²) in [5.74, 6) is 0.421. The van der Waals surface area contributed by atoms with Gasteiger partial charge >= 0.3 is 11.4 Å². The van der Waals surface area contributed by atoms with E-state index in [1.165, 1.54) is 0 Å². The van der Waals surface area contributed by atoms with E-state index in [4.69, 9.17) is 8.37 Å². The summed E-state index contributed by atoms with van der Waals surface area (Å²) in [6.45, 7) is 6.88. The monoisotopic (exact) mass is 378 g/mol. The van der Waals surface area contributed by atoms with Gasteiger partial charge < -0.3 is 0 Å². The summed E-state index contributed by atoms with van der Waals surface area (Å²) in [5.41, 5.74) is -0.681. The van der Waals surface area contributed by atoms with Crippen LogP contribution >= 0.6 is 0 Å².